The second kappa shape index (κ2) is 8.71. The third-order valence-corrected chi connectivity index (χ3v) is 4.03. The number of aliphatic hydroxyl groups excluding tert-OH is 1. The highest BCUT2D eigenvalue weighted by atomic mass is 79.9. The summed E-state index contributed by atoms with van der Waals surface area (Å²) in [5.41, 5.74) is 2.24. The number of benzene rings is 1. The Morgan fingerprint density at radius 3 is 2.44 bits per heavy atom. The van der Waals surface area contributed by atoms with Crippen LogP contribution >= 0.6 is 15.9 Å². The highest BCUT2D eigenvalue weighted by Crippen LogP contribution is 2.28. The lowest BCUT2D eigenvalue weighted by Gasteiger charge is -2.13. The number of aliphatic hydroxyl groups is 1. The van der Waals surface area contributed by atoms with Crippen molar-refractivity contribution in [1.82, 2.24) is 0 Å². The van der Waals surface area contributed by atoms with E-state index < -0.39 is 0 Å². The zero-order valence-corrected chi connectivity index (χ0v) is 13.2. The zero-order chi connectivity index (χ0) is 13.4. The van der Waals surface area contributed by atoms with E-state index in [4.69, 9.17) is 0 Å². The second-order valence-corrected chi connectivity index (χ2v) is 5.95. The van der Waals surface area contributed by atoms with Gasteiger partial charge in [0, 0.05) is 4.47 Å². The Balaban J connectivity index is 2.29. The number of aryl methyl sites for hydroxylation is 1. The van der Waals surface area contributed by atoms with E-state index in [9.17, 15) is 5.11 Å². The van der Waals surface area contributed by atoms with E-state index >= 15 is 0 Å². The minimum atomic E-state index is -0.328. The van der Waals surface area contributed by atoms with Crippen molar-refractivity contribution in [1.29, 1.82) is 0 Å². The van der Waals surface area contributed by atoms with Gasteiger partial charge in [-0.25, -0.2) is 0 Å². The van der Waals surface area contributed by atoms with Crippen molar-refractivity contribution in [2.75, 3.05) is 0 Å². The van der Waals surface area contributed by atoms with E-state index in [0.29, 0.717) is 0 Å². The molecule has 0 aromatic heterocycles. The van der Waals surface area contributed by atoms with Crippen molar-refractivity contribution in [2.24, 2.45) is 0 Å². The molecule has 0 radical (unpaired) electrons. The molecular weight excluding hydrogens is 288 g/mol. The molecule has 0 heterocycles. The number of rotatable bonds is 8. The molecule has 0 saturated carbocycles. The molecule has 1 unspecified atom stereocenters. The van der Waals surface area contributed by atoms with Crippen LogP contribution in [0.5, 0.6) is 0 Å². The van der Waals surface area contributed by atoms with Crippen LogP contribution in [0.4, 0.5) is 0 Å². The molecule has 1 aromatic carbocycles. The molecule has 0 aliphatic heterocycles. The lowest BCUT2D eigenvalue weighted by molar-refractivity contribution is 0.162. The maximum absolute atomic E-state index is 10.2. The molecule has 1 atom stereocenters. The molecule has 102 valence electrons. The first-order valence-corrected chi connectivity index (χ1v) is 7.88. The Kier molecular flexibility index (Phi) is 7.60. The highest BCUT2D eigenvalue weighted by Gasteiger charge is 2.10. The molecule has 0 aliphatic carbocycles. The van der Waals surface area contributed by atoms with Gasteiger partial charge in [0.25, 0.3) is 0 Å². The third kappa shape index (κ3) is 5.53. The molecule has 0 amide bonds. The summed E-state index contributed by atoms with van der Waals surface area (Å²) in [6, 6.07) is 6.16. The predicted octanol–water partition coefficient (Wildman–Crippen LogP) is 5.54. The summed E-state index contributed by atoms with van der Waals surface area (Å²) in [5, 5.41) is 10.2. The fourth-order valence-corrected chi connectivity index (χ4v) is 2.93. The van der Waals surface area contributed by atoms with Crippen LogP contribution in [0.3, 0.4) is 0 Å². The first-order valence-electron chi connectivity index (χ1n) is 7.09. The second-order valence-electron chi connectivity index (χ2n) is 5.10. The van der Waals surface area contributed by atoms with Crippen LogP contribution in [0.15, 0.2) is 22.7 Å². The number of hydrogen-bond acceptors (Lipinski definition) is 1. The maximum atomic E-state index is 10.2. The van der Waals surface area contributed by atoms with Crippen molar-refractivity contribution in [3.63, 3.8) is 0 Å². The maximum Gasteiger partial charge on any atom is 0.0800 e. The Morgan fingerprint density at radius 2 is 1.78 bits per heavy atom. The summed E-state index contributed by atoms with van der Waals surface area (Å²) in [6.07, 6.45) is 8.16. The first-order chi connectivity index (χ1) is 8.65. The Morgan fingerprint density at radius 1 is 1.11 bits per heavy atom. The minimum absolute atomic E-state index is 0.328. The molecule has 1 aromatic rings. The van der Waals surface area contributed by atoms with Gasteiger partial charge >= 0.3 is 0 Å². The molecule has 2 heteroatoms. The molecule has 1 N–H and O–H groups in total. The van der Waals surface area contributed by atoms with Gasteiger partial charge < -0.3 is 5.11 Å². The average molecular weight is 313 g/mol. The van der Waals surface area contributed by atoms with Crippen LogP contribution < -0.4 is 0 Å². The molecule has 0 spiro atoms. The number of unbranched alkanes of at least 4 members (excludes halogenated alkanes) is 5. The van der Waals surface area contributed by atoms with Crippen molar-refractivity contribution in [3.8, 4) is 0 Å². The normalized spacial score (nSPS) is 12.7. The summed E-state index contributed by atoms with van der Waals surface area (Å²) in [4.78, 5) is 0. The van der Waals surface area contributed by atoms with Gasteiger partial charge in [-0.2, -0.15) is 0 Å². The van der Waals surface area contributed by atoms with Crippen LogP contribution in [0.1, 0.15) is 69.1 Å². The summed E-state index contributed by atoms with van der Waals surface area (Å²) in [7, 11) is 0. The molecule has 1 nitrogen and oxygen atoms in total. The Labute approximate surface area is 120 Å². The molecule has 18 heavy (non-hydrogen) atoms. The van der Waals surface area contributed by atoms with Crippen molar-refractivity contribution in [3.05, 3.63) is 33.8 Å². The van der Waals surface area contributed by atoms with Gasteiger partial charge in [-0.15, -0.1) is 0 Å². The van der Waals surface area contributed by atoms with Crippen molar-refractivity contribution < 1.29 is 5.11 Å². The fourth-order valence-electron chi connectivity index (χ4n) is 2.18. The van der Waals surface area contributed by atoms with E-state index in [1.165, 1.54) is 37.7 Å². The lowest BCUT2D eigenvalue weighted by atomic mass is 10.0. The molecular formula is C16H25BrO. The largest absolute Gasteiger partial charge is 0.388 e. The van der Waals surface area contributed by atoms with E-state index in [2.05, 4.69) is 41.9 Å². The van der Waals surface area contributed by atoms with E-state index in [1.54, 1.807) is 0 Å². The fraction of sp³-hybridized carbons (Fsp3) is 0.625. The highest BCUT2D eigenvalue weighted by molar-refractivity contribution is 9.10. The number of halogens is 1. The van der Waals surface area contributed by atoms with Crippen LogP contribution in [-0.2, 0) is 0 Å². The van der Waals surface area contributed by atoms with Crippen LogP contribution in [0.25, 0.3) is 0 Å². The van der Waals surface area contributed by atoms with Crippen molar-refractivity contribution >= 4 is 15.9 Å². The molecule has 0 fully saturated rings. The van der Waals surface area contributed by atoms with Crippen molar-refractivity contribution in [2.45, 2.75) is 64.9 Å². The van der Waals surface area contributed by atoms with Gasteiger partial charge in [0.2, 0.25) is 0 Å². The van der Waals surface area contributed by atoms with Crippen LogP contribution in [0, 0.1) is 6.92 Å². The summed E-state index contributed by atoms with van der Waals surface area (Å²) in [5.74, 6) is 0. The molecule has 1 rings (SSSR count). The van der Waals surface area contributed by atoms with E-state index in [1.807, 2.05) is 6.07 Å². The predicted molar refractivity (Wildman–Crippen MR) is 81.8 cm³/mol. The van der Waals surface area contributed by atoms with Gasteiger partial charge in [0.05, 0.1) is 6.10 Å². The first kappa shape index (κ1) is 15.7. The standard InChI is InChI=1S/C16H25BrO/c1-3-4-5-6-7-8-9-16(18)14-11-10-13(2)12-15(14)17/h10-12,16,18H,3-9H2,1-2H3. The monoisotopic (exact) mass is 312 g/mol. The average Bonchev–Trinajstić information content (AvgIpc) is 2.33. The van der Waals surface area contributed by atoms with Crippen LogP contribution in [-0.4, -0.2) is 5.11 Å². The quantitative estimate of drug-likeness (QED) is 0.625. The number of hydrogen-bond donors (Lipinski definition) is 1. The Hall–Kier alpha value is -0.340. The van der Waals surface area contributed by atoms with Gasteiger partial charge in [-0.3, -0.25) is 0 Å². The molecule has 0 bridgehead atoms. The van der Waals surface area contributed by atoms with Gasteiger partial charge in [-0.1, -0.05) is 73.5 Å². The Bertz CT molecular complexity index is 349. The third-order valence-electron chi connectivity index (χ3n) is 3.35. The van der Waals surface area contributed by atoms with Crippen LogP contribution in [0.2, 0.25) is 0 Å². The van der Waals surface area contributed by atoms with E-state index in [0.717, 1.165) is 22.9 Å². The topological polar surface area (TPSA) is 20.2 Å². The van der Waals surface area contributed by atoms with E-state index in [-0.39, 0.29) is 6.10 Å². The lowest BCUT2D eigenvalue weighted by Crippen LogP contribution is -1.99. The van der Waals surface area contributed by atoms with Gasteiger partial charge in [0.15, 0.2) is 0 Å². The molecule has 0 saturated heterocycles. The van der Waals surface area contributed by atoms with Gasteiger partial charge in [0.1, 0.15) is 0 Å². The minimum Gasteiger partial charge on any atom is -0.388 e. The summed E-state index contributed by atoms with van der Waals surface area (Å²) < 4.78 is 1.03. The smallest absolute Gasteiger partial charge is 0.0800 e. The zero-order valence-electron chi connectivity index (χ0n) is 11.6. The SMILES string of the molecule is CCCCCCCCC(O)c1ccc(C)cc1Br. The molecule has 0 aliphatic rings. The summed E-state index contributed by atoms with van der Waals surface area (Å²) in [6.45, 7) is 4.30. The summed E-state index contributed by atoms with van der Waals surface area (Å²) >= 11 is 3.53. The van der Waals surface area contributed by atoms with Gasteiger partial charge in [-0.05, 0) is 30.5 Å².